The molecule has 0 aliphatic heterocycles. The Bertz CT molecular complexity index is 859. The number of nitrogens with one attached hydrogen (secondary N) is 1. The molecule has 2 heterocycles. The first-order valence-electron chi connectivity index (χ1n) is 8.49. The van der Waals surface area contributed by atoms with E-state index in [1.807, 2.05) is 23.6 Å². The van der Waals surface area contributed by atoms with E-state index < -0.39 is 0 Å². The molecular formula is C18H19N5OS2. The van der Waals surface area contributed by atoms with Gasteiger partial charge < -0.3 is 5.32 Å². The molecule has 1 fully saturated rings. The van der Waals surface area contributed by atoms with E-state index in [1.54, 1.807) is 16.0 Å². The molecule has 1 N–H and O–H groups in total. The van der Waals surface area contributed by atoms with Crippen LogP contribution in [0.2, 0.25) is 0 Å². The van der Waals surface area contributed by atoms with E-state index in [2.05, 4.69) is 45.1 Å². The first-order valence-corrected chi connectivity index (χ1v) is 10.4. The molecular weight excluding hydrogens is 366 g/mol. The smallest absolute Gasteiger partial charge is 0.230 e. The van der Waals surface area contributed by atoms with Crippen LogP contribution in [0.15, 0.2) is 53.0 Å². The van der Waals surface area contributed by atoms with Crippen molar-refractivity contribution in [1.29, 1.82) is 0 Å². The van der Waals surface area contributed by atoms with Crippen molar-refractivity contribution >= 4 is 29.0 Å². The minimum Gasteiger partial charge on any atom is -0.354 e. The van der Waals surface area contributed by atoms with Gasteiger partial charge in [0, 0.05) is 16.8 Å². The van der Waals surface area contributed by atoms with Crippen molar-refractivity contribution in [1.82, 2.24) is 25.5 Å². The Morgan fingerprint density at radius 2 is 2.08 bits per heavy atom. The highest BCUT2D eigenvalue weighted by molar-refractivity contribution is 7.99. The normalized spacial score (nSPS) is 14.9. The zero-order valence-corrected chi connectivity index (χ0v) is 15.8. The van der Waals surface area contributed by atoms with Gasteiger partial charge in [-0.1, -0.05) is 48.2 Å². The summed E-state index contributed by atoms with van der Waals surface area (Å²) in [6.07, 6.45) is 2.26. The third-order valence-electron chi connectivity index (χ3n) is 4.58. The predicted molar refractivity (Wildman–Crippen MR) is 102 cm³/mol. The lowest BCUT2D eigenvalue weighted by Gasteiger charge is -2.16. The summed E-state index contributed by atoms with van der Waals surface area (Å²) in [6.45, 7) is 1.32. The molecule has 2 aromatic heterocycles. The van der Waals surface area contributed by atoms with Crippen molar-refractivity contribution in [3.8, 4) is 0 Å². The van der Waals surface area contributed by atoms with E-state index in [1.165, 1.54) is 22.2 Å². The van der Waals surface area contributed by atoms with Gasteiger partial charge in [0.25, 0.3) is 0 Å². The van der Waals surface area contributed by atoms with Crippen LogP contribution in [0.4, 0.5) is 0 Å². The van der Waals surface area contributed by atoms with Gasteiger partial charge in [-0.05, 0) is 40.3 Å². The summed E-state index contributed by atoms with van der Waals surface area (Å²) in [7, 11) is 0. The highest BCUT2D eigenvalue weighted by Gasteiger charge is 2.44. The summed E-state index contributed by atoms with van der Waals surface area (Å²) in [5.74, 6) is 0.332. The lowest BCUT2D eigenvalue weighted by Crippen LogP contribution is -2.33. The average molecular weight is 386 g/mol. The number of carbonyl (C=O) groups excluding carboxylic acids is 1. The van der Waals surface area contributed by atoms with Gasteiger partial charge in [-0.25, -0.2) is 4.68 Å². The van der Waals surface area contributed by atoms with E-state index in [0.29, 0.717) is 24.0 Å². The summed E-state index contributed by atoms with van der Waals surface area (Å²) >= 11 is 3.03. The maximum Gasteiger partial charge on any atom is 0.230 e. The van der Waals surface area contributed by atoms with Gasteiger partial charge in [0.2, 0.25) is 11.1 Å². The standard InChI is InChI=1S/C18H19N5OS2/c24-16(19-13-18(8-9-18)14-5-2-1-3-6-14)12-26-17-20-21-22-23(17)11-15-7-4-10-25-15/h1-7,10H,8-9,11-13H2,(H,19,24). The fourth-order valence-electron chi connectivity index (χ4n) is 2.91. The van der Waals surface area contributed by atoms with Gasteiger partial charge in [0.1, 0.15) is 0 Å². The number of nitrogens with zero attached hydrogens (tertiary/aromatic N) is 4. The lowest BCUT2D eigenvalue weighted by molar-refractivity contribution is -0.118. The molecule has 134 valence electrons. The molecule has 0 atom stereocenters. The average Bonchev–Trinajstić information content (AvgIpc) is 3.06. The van der Waals surface area contributed by atoms with Gasteiger partial charge >= 0.3 is 0 Å². The monoisotopic (exact) mass is 385 g/mol. The Balaban J connectivity index is 1.28. The van der Waals surface area contributed by atoms with Gasteiger partial charge in [-0.3, -0.25) is 4.79 Å². The molecule has 0 radical (unpaired) electrons. The lowest BCUT2D eigenvalue weighted by atomic mass is 9.96. The molecule has 0 bridgehead atoms. The van der Waals surface area contributed by atoms with Crippen molar-refractivity contribution in [2.45, 2.75) is 30.0 Å². The van der Waals surface area contributed by atoms with Crippen molar-refractivity contribution in [3.63, 3.8) is 0 Å². The second-order valence-corrected chi connectivity index (χ2v) is 8.38. The van der Waals surface area contributed by atoms with Gasteiger partial charge in [0.15, 0.2) is 0 Å². The second-order valence-electron chi connectivity index (χ2n) is 6.41. The molecule has 6 nitrogen and oxygen atoms in total. The number of thioether (sulfide) groups is 1. The number of carbonyl (C=O) groups is 1. The third kappa shape index (κ3) is 3.96. The number of thiophene rings is 1. The first kappa shape index (κ1) is 17.2. The van der Waals surface area contributed by atoms with Crippen LogP contribution in [0.1, 0.15) is 23.3 Å². The van der Waals surface area contributed by atoms with Gasteiger partial charge in [-0.2, -0.15) is 0 Å². The Morgan fingerprint density at radius 1 is 1.23 bits per heavy atom. The second kappa shape index (κ2) is 7.59. The van der Waals surface area contributed by atoms with Crippen LogP contribution in [0.25, 0.3) is 0 Å². The van der Waals surface area contributed by atoms with E-state index in [0.717, 1.165) is 12.8 Å². The zero-order chi connectivity index (χ0) is 17.8. The number of hydrogen-bond donors (Lipinski definition) is 1. The van der Waals surface area contributed by atoms with Crippen LogP contribution in [-0.2, 0) is 16.8 Å². The maximum absolute atomic E-state index is 12.3. The van der Waals surface area contributed by atoms with Crippen LogP contribution in [0.5, 0.6) is 0 Å². The Labute approximate surface area is 160 Å². The number of hydrogen-bond acceptors (Lipinski definition) is 6. The number of benzene rings is 1. The number of amides is 1. The van der Waals surface area contributed by atoms with Crippen LogP contribution >= 0.6 is 23.1 Å². The molecule has 0 spiro atoms. The molecule has 26 heavy (non-hydrogen) atoms. The number of tetrazole rings is 1. The molecule has 1 aromatic carbocycles. The van der Waals surface area contributed by atoms with E-state index >= 15 is 0 Å². The summed E-state index contributed by atoms with van der Waals surface area (Å²) in [5.41, 5.74) is 1.44. The van der Waals surface area contributed by atoms with Crippen LogP contribution in [0, 0.1) is 0 Å². The molecule has 4 rings (SSSR count). The van der Waals surface area contributed by atoms with Crippen LogP contribution in [-0.4, -0.2) is 38.4 Å². The largest absolute Gasteiger partial charge is 0.354 e. The number of rotatable bonds is 8. The fourth-order valence-corrected chi connectivity index (χ4v) is 4.30. The molecule has 3 aromatic rings. The molecule has 0 unspecified atom stereocenters. The molecule has 0 saturated heterocycles. The van der Waals surface area contributed by atoms with Crippen molar-refractivity contribution in [2.24, 2.45) is 0 Å². The van der Waals surface area contributed by atoms with Crippen LogP contribution < -0.4 is 5.32 Å². The van der Waals surface area contributed by atoms with Crippen molar-refractivity contribution in [2.75, 3.05) is 12.3 Å². The highest BCUT2D eigenvalue weighted by atomic mass is 32.2. The van der Waals surface area contributed by atoms with Gasteiger partial charge in [0.05, 0.1) is 12.3 Å². The Hall–Kier alpha value is -2.19. The molecule has 8 heteroatoms. The molecule has 1 amide bonds. The predicted octanol–water partition coefficient (Wildman–Crippen LogP) is 2.72. The fraction of sp³-hybridized carbons (Fsp3) is 0.333. The Morgan fingerprint density at radius 3 is 2.81 bits per heavy atom. The van der Waals surface area contributed by atoms with E-state index in [9.17, 15) is 4.79 Å². The molecule has 1 aliphatic carbocycles. The van der Waals surface area contributed by atoms with E-state index in [4.69, 9.17) is 0 Å². The third-order valence-corrected chi connectivity index (χ3v) is 6.40. The summed E-state index contributed by atoms with van der Waals surface area (Å²) in [5, 5.41) is 17.5. The summed E-state index contributed by atoms with van der Waals surface area (Å²) < 4.78 is 1.73. The number of aromatic nitrogens is 4. The molecule has 1 aliphatic rings. The first-order chi connectivity index (χ1) is 12.8. The summed E-state index contributed by atoms with van der Waals surface area (Å²) in [4.78, 5) is 13.4. The minimum absolute atomic E-state index is 0.0166. The maximum atomic E-state index is 12.3. The molecule has 1 saturated carbocycles. The quantitative estimate of drug-likeness (QED) is 0.604. The Kier molecular flexibility index (Phi) is 5.03. The van der Waals surface area contributed by atoms with Gasteiger partial charge in [-0.15, -0.1) is 16.4 Å². The SMILES string of the molecule is O=C(CSc1nnnn1Cc1cccs1)NCC1(c2ccccc2)CC1. The van der Waals surface area contributed by atoms with Crippen molar-refractivity contribution in [3.05, 3.63) is 58.3 Å². The summed E-state index contributed by atoms with van der Waals surface area (Å²) in [6, 6.07) is 14.5. The zero-order valence-electron chi connectivity index (χ0n) is 14.2. The topological polar surface area (TPSA) is 72.7 Å². The minimum atomic E-state index is 0.0166. The highest BCUT2D eigenvalue weighted by Crippen LogP contribution is 2.47. The van der Waals surface area contributed by atoms with Crippen molar-refractivity contribution < 1.29 is 4.79 Å². The van der Waals surface area contributed by atoms with E-state index in [-0.39, 0.29) is 11.3 Å². The van der Waals surface area contributed by atoms with Crippen LogP contribution in [0.3, 0.4) is 0 Å².